The molecule has 3 atom stereocenters. The van der Waals surface area contributed by atoms with E-state index in [1.165, 1.54) is 162 Å². The van der Waals surface area contributed by atoms with Crippen LogP contribution in [0, 0.1) is 11.8 Å². The molecule has 6 aromatic rings. The van der Waals surface area contributed by atoms with Crippen molar-refractivity contribution >= 4 is 27.8 Å². The highest BCUT2D eigenvalue weighted by atomic mass is 15.1. The fraction of sp³-hybridized carbons (Fsp3) is 0.393. The molecule has 1 heteroatoms. The first kappa shape index (κ1) is 35.5. The van der Waals surface area contributed by atoms with Crippen LogP contribution in [0.4, 0.5) is 17.1 Å². The Kier molecular flexibility index (Phi) is 8.94. The molecular weight excluding hydrogens is 687 g/mol. The van der Waals surface area contributed by atoms with Gasteiger partial charge >= 0.3 is 0 Å². The Morgan fingerprint density at radius 1 is 0.491 bits per heavy atom. The minimum absolute atomic E-state index is 0.100. The van der Waals surface area contributed by atoms with Crippen molar-refractivity contribution in [1.29, 1.82) is 0 Å². The summed E-state index contributed by atoms with van der Waals surface area (Å²) < 4.78 is 0. The van der Waals surface area contributed by atoms with E-state index in [1.807, 2.05) is 0 Å². The van der Waals surface area contributed by atoms with E-state index in [-0.39, 0.29) is 5.41 Å². The normalized spacial score (nSPS) is 22.8. The lowest BCUT2D eigenvalue weighted by molar-refractivity contribution is 0.420. The predicted molar refractivity (Wildman–Crippen MR) is 241 cm³/mol. The molecule has 5 aliphatic carbocycles. The monoisotopic (exact) mass is 745 g/mol. The highest BCUT2D eigenvalue weighted by molar-refractivity contribution is 5.97. The Labute approximate surface area is 341 Å². The summed E-state index contributed by atoms with van der Waals surface area (Å²) >= 11 is 0. The maximum Gasteiger partial charge on any atom is 0.0543 e. The molecule has 0 aromatic heterocycles. The lowest BCUT2D eigenvalue weighted by atomic mass is 9.80. The van der Waals surface area contributed by atoms with Gasteiger partial charge in [0.1, 0.15) is 0 Å². The van der Waals surface area contributed by atoms with E-state index in [2.05, 4.69) is 140 Å². The first-order valence-corrected chi connectivity index (χ1v) is 22.8. The van der Waals surface area contributed by atoms with Crippen molar-refractivity contribution in [3.05, 3.63) is 149 Å². The zero-order chi connectivity index (χ0) is 38.1. The van der Waals surface area contributed by atoms with Gasteiger partial charge in [0.05, 0.1) is 11.4 Å². The summed E-state index contributed by atoms with van der Waals surface area (Å²) in [6.07, 6.45) is 19.0. The molecule has 3 unspecified atom stereocenters. The Hall–Kier alpha value is -4.62. The first-order chi connectivity index (χ1) is 28.0. The third-order valence-corrected chi connectivity index (χ3v) is 15.7. The fourth-order valence-corrected chi connectivity index (χ4v) is 12.6. The third kappa shape index (κ3) is 6.18. The number of hydrogen-bond acceptors (Lipinski definition) is 1. The molecule has 0 heterocycles. The van der Waals surface area contributed by atoms with Crippen molar-refractivity contribution in [1.82, 2.24) is 0 Å². The van der Waals surface area contributed by atoms with Crippen LogP contribution in [0.2, 0.25) is 0 Å². The summed E-state index contributed by atoms with van der Waals surface area (Å²) in [4.78, 5) is 2.71. The Bertz CT molecular complexity index is 2420. The molecule has 6 aromatic carbocycles. The maximum absolute atomic E-state index is 2.71. The fourth-order valence-electron chi connectivity index (χ4n) is 12.6. The standard InChI is InChI=1S/C56H59N/c1-56(2)52-20-12-11-19-47(52)51-35-50(42-25-23-39(24-26-42)38-13-5-3-6-14-38)55(36-53(51)56)57(46-29-27-41(28-30-46)48-32-37-21-22-45(48)31-37)54-34-44-18-10-9-17-43(44)33-49(54)40-15-7-4-8-16-40/h9-12,17-20,23-30,33-38,40,45,48H,3-8,13-16,21-22,31-32H2,1-2H3. The topological polar surface area (TPSA) is 3.24 Å². The SMILES string of the molecule is CC1(C)c2ccccc2-c2cc(-c3ccc(C4CCCCC4)cc3)c(N(c3ccc(C4CC5CCC4C5)cc3)c3cc4ccccc4cc3C3CCCCC3)cc21. The molecule has 0 saturated heterocycles. The molecular formula is C56H59N. The summed E-state index contributed by atoms with van der Waals surface area (Å²) in [5, 5.41) is 2.68. The molecule has 288 valence electrons. The minimum atomic E-state index is -0.100. The van der Waals surface area contributed by atoms with Gasteiger partial charge in [-0.05, 0) is 166 Å². The maximum atomic E-state index is 2.71. The molecule has 0 amide bonds. The number of hydrogen-bond donors (Lipinski definition) is 0. The van der Waals surface area contributed by atoms with Gasteiger partial charge in [0.15, 0.2) is 0 Å². The van der Waals surface area contributed by atoms with Crippen LogP contribution in [0.25, 0.3) is 33.0 Å². The van der Waals surface area contributed by atoms with Crippen molar-refractivity contribution < 1.29 is 0 Å². The van der Waals surface area contributed by atoms with Crippen LogP contribution in [0.1, 0.15) is 149 Å². The van der Waals surface area contributed by atoms with Crippen LogP contribution in [0.5, 0.6) is 0 Å². The zero-order valence-corrected chi connectivity index (χ0v) is 34.3. The van der Waals surface area contributed by atoms with Gasteiger partial charge < -0.3 is 4.90 Å². The Morgan fingerprint density at radius 3 is 1.86 bits per heavy atom. The van der Waals surface area contributed by atoms with Crippen LogP contribution in [-0.4, -0.2) is 0 Å². The van der Waals surface area contributed by atoms with Gasteiger partial charge in [0.2, 0.25) is 0 Å². The van der Waals surface area contributed by atoms with Gasteiger partial charge in [-0.1, -0.05) is 144 Å². The van der Waals surface area contributed by atoms with Gasteiger partial charge in [-0.3, -0.25) is 0 Å². The van der Waals surface area contributed by atoms with Crippen LogP contribution < -0.4 is 4.90 Å². The molecule has 0 aliphatic heterocycles. The van der Waals surface area contributed by atoms with E-state index in [0.29, 0.717) is 11.8 Å². The van der Waals surface area contributed by atoms with Crippen molar-refractivity contribution in [2.45, 2.75) is 127 Å². The summed E-state index contributed by atoms with van der Waals surface area (Å²) in [6.45, 7) is 4.88. The molecule has 2 bridgehead atoms. The molecule has 4 saturated carbocycles. The van der Waals surface area contributed by atoms with Gasteiger partial charge in [-0.15, -0.1) is 0 Å². The van der Waals surface area contributed by atoms with Crippen LogP contribution in [0.15, 0.2) is 121 Å². The van der Waals surface area contributed by atoms with Gasteiger partial charge in [0, 0.05) is 16.7 Å². The number of rotatable bonds is 7. The van der Waals surface area contributed by atoms with Gasteiger partial charge in [0.25, 0.3) is 0 Å². The van der Waals surface area contributed by atoms with E-state index in [1.54, 1.807) is 5.56 Å². The van der Waals surface area contributed by atoms with Gasteiger partial charge in [-0.2, -0.15) is 0 Å². The van der Waals surface area contributed by atoms with Crippen LogP contribution >= 0.6 is 0 Å². The van der Waals surface area contributed by atoms with E-state index in [0.717, 1.165) is 17.8 Å². The molecule has 4 fully saturated rings. The molecule has 1 nitrogen and oxygen atoms in total. The quantitative estimate of drug-likeness (QED) is 0.157. The summed E-state index contributed by atoms with van der Waals surface area (Å²) in [5.41, 5.74) is 16.7. The number of anilines is 3. The summed E-state index contributed by atoms with van der Waals surface area (Å²) in [6, 6.07) is 48.4. The Balaban J connectivity index is 1.14. The van der Waals surface area contributed by atoms with E-state index in [9.17, 15) is 0 Å². The number of benzene rings is 6. The highest BCUT2D eigenvalue weighted by Crippen LogP contribution is 2.56. The average molecular weight is 746 g/mol. The molecule has 0 spiro atoms. The van der Waals surface area contributed by atoms with Crippen molar-refractivity contribution in [2.75, 3.05) is 4.90 Å². The number of nitrogens with zero attached hydrogens (tertiary/aromatic N) is 1. The largest absolute Gasteiger partial charge is 0.310 e. The summed E-state index contributed by atoms with van der Waals surface area (Å²) in [5.74, 6) is 3.79. The van der Waals surface area contributed by atoms with Gasteiger partial charge in [-0.25, -0.2) is 0 Å². The third-order valence-electron chi connectivity index (χ3n) is 15.7. The summed E-state index contributed by atoms with van der Waals surface area (Å²) in [7, 11) is 0. The second kappa shape index (κ2) is 14.3. The first-order valence-electron chi connectivity index (χ1n) is 22.8. The van der Waals surface area contributed by atoms with E-state index in [4.69, 9.17) is 0 Å². The molecule has 5 aliphatic rings. The van der Waals surface area contributed by atoms with Crippen LogP contribution in [-0.2, 0) is 5.41 Å². The zero-order valence-electron chi connectivity index (χ0n) is 34.3. The minimum Gasteiger partial charge on any atom is -0.310 e. The molecule has 11 rings (SSSR count). The molecule has 0 N–H and O–H groups in total. The number of fused-ring (bicyclic) bond motifs is 6. The lowest BCUT2D eigenvalue weighted by Crippen LogP contribution is -2.19. The van der Waals surface area contributed by atoms with Crippen LogP contribution in [0.3, 0.4) is 0 Å². The highest BCUT2D eigenvalue weighted by Gasteiger charge is 2.41. The molecule has 57 heavy (non-hydrogen) atoms. The molecule has 0 radical (unpaired) electrons. The van der Waals surface area contributed by atoms with Crippen molar-refractivity contribution in [3.63, 3.8) is 0 Å². The smallest absolute Gasteiger partial charge is 0.0543 e. The Morgan fingerprint density at radius 2 is 1.16 bits per heavy atom. The lowest BCUT2D eigenvalue weighted by Gasteiger charge is -2.35. The van der Waals surface area contributed by atoms with Crippen molar-refractivity contribution in [3.8, 4) is 22.3 Å². The van der Waals surface area contributed by atoms with Crippen molar-refractivity contribution in [2.24, 2.45) is 11.8 Å². The predicted octanol–water partition coefficient (Wildman–Crippen LogP) is 16.3. The van der Waals surface area contributed by atoms with E-state index >= 15 is 0 Å². The second-order valence-corrected chi connectivity index (χ2v) is 19.3. The second-order valence-electron chi connectivity index (χ2n) is 19.3. The average Bonchev–Trinajstić information content (AvgIpc) is 3.97. The van der Waals surface area contributed by atoms with E-state index < -0.39 is 0 Å².